The van der Waals surface area contributed by atoms with Gasteiger partial charge in [0.25, 0.3) is 0 Å². The molecular formula is C8H16N2O. The standard InChI is InChI=1S/C8H16N2O/c11-7-3-1-2-6-8(7)10-5-4-9-6/h6-11H,1-5H2/t6-,7+,8-/m1/s1. The minimum atomic E-state index is -0.124. The highest BCUT2D eigenvalue weighted by atomic mass is 16.3. The summed E-state index contributed by atoms with van der Waals surface area (Å²) in [6.07, 6.45) is 3.23. The highest BCUT2D eigenvalue weighted by Gasteiger charge is 2.33. The van der Waals surface area contributed by atoms with E-state index in [0.29, 0.717) is 12.1 Å². The van der Waals surface area contributed by atoms with Gasteiger partial charge in [-0.1, -0.05) is 0 Å². The molecule has 64 valence electrons. The third-order valence-corrected chi connectivity index (χ3v) is 2.77. The number of nitrogens with one attached hydrogen (secondary N) is 2. The first kappa shape index (κ1) is 7.53. The molecule has 0 aromatic heterocycles. The van der Waals surface area contributed by atoms with Crippen molar-refractivity contribution in [2.45, 2.75) is 37.5 Å². The summed E-state index contributed by atoms with van der Waals surface area (Å²) in [5.41, 5.74) is 0. The van der Waals surface area contributed by atoms with Gasteiger partial charge >= 0.3 is 0 Å². The van der Waals surface area contributed by atoms with Crippen LogP contribution in [-0.2, 0) is 0 Å². The molecule has 1 saturated carbocycles. The van der Waals surface area contributed by atoms with E-state index in [9.17, 15) is 5.11 Å². The number of aliphatic hydroxyl groups excluding tert-OH is 1. The molecule has 3 nitrogen and oxygen atoms in total. The van der Waals surface area contributed by atoms with Gasteiger partial charge in [0.15, 0.2) is 0 Å². The molecule has 2 fully saturated rings. The van der Waals surface area contributed by atoms with E-state index >= 15 is 0 Å². The minimum Gasteiger partial charge on any atom is -0.391 e. The number of aliphatic hydroxyl groups is 1. The van der Waals surface area contributed by atoms with Gasteiger partial charge in [-0.05, 0) is 19.3 Å². The molecule has 3 atom stereocenters. The van der Waals surface area contributed by atoms with Gasteiger partial charge in [-0.25, -0.2) is 0 Å². The normalized spacial score (nSPS) is 45.0. The van der Waals surface area contributed by atoms with Crippen LogP contribution in [0.2, 0.25) is 0 Å². The molecule has 1 aliphatic carbocycles. The zero-order valence-electron chi connectivity index (χ0n) is 6.71. The third kappa shape index (κ3) is 1.41. The Labute approximate surface area is 67.2 Å². The third-order valence-electron chi connectivity index (χ3n) is 2.77. The van der Waals surface area contributed by atoms with Crippen LogP contribution in [-0.4, -0.2) is 36.4 Å². The van der Waals surface area contributed by atoms with Crippen LogP contribution < -0.4 is 10.6 Å². The largest absolute Gasteiger partial charge is 0.391 e. The number of piperazine rings is 1. The Morgan fingerprint density at radius 3 is 2.73 bits per heavy atom. The summed E-state index contributed by atoms with van der Waals surface area (Å²) in [5.74, 6) is 0. The van der Waals surface area contributed by atoms with Crippen LogP contribution in [0.3, 0.4) is 0 Å². The van der Waals surface area contributed by atoms with Crippen molar-refractivity contribution in [1.29, 1.82) is 0 Å². The molecule has 0 aromatic rings. The van der Waals surface area contributed by atoms with Crippen molar-refractivity contribution in [3.63, 3.8) is 0 Å². The Bertz CT molecular complexity index is 138. The molecule has 2 aliphatic rings. The summed E-state index contributed by atoms with van der Waals surface area (Å²) in [7, 11) is 0. The van der Waals surface area contributed by atoms with Crippen molar-refractivity contribution in [3.8, 4) is 0 Å². The predicted molar refractivity (Wildman–Crippen MR) is 43.4 cm³/mol. The lowest BCUT2D eigenvalue weighted by Gasteiger charge is -2.40. The predicted octanol–water partition coefficient (Wildman–Crippen LogP) is -0.539. The van der Waals surface area contributed by atoms with Crippen LogP contribution in [0.25, 0.3) is 0 Å². The van der Waals surface area contributed by atoms with Crippen LogP contribution in [0.1, 0.15) is 19.3 Å². The van der Waals surface area contributed by atoms with E-state index in [1.54, 1.807) is 0 Å². The topological polar surface area (TPSA) is 44.3 Å². The molecule has 2 rings (SSSR count). The van der Waals surface area contributed by atoms with Crippen molar-refractivity contribution < 1.29 is 5.11 Å². The molecule has 3 N–H and O–H groups in total. The Balaban J connectivity index is 1.99. The van der Waals surface area contributed by atoms with Crippen LogP contribution >= 0.6 is 0 Å². The number of hydrogen-bond acceptors (Lipinski definition) is 3. The van der Waals surface area contributed by atoms with Crippen LogP contribution in [0.15, 0.2) is 0 Å². The second-order valence-electron chi connectivity index (χ2n) is 3.54. The van der Waals surface area contributed by atoms with Gasteiger partial charge in [-0.3, -0.25) is 0 Å². The molecule has 0 unspecified atom stereocenters. The van der Waals surface area contributed by atoms with E-state index in [-0.39, 0.29) is 6.10 Å². The quantitative estimate of drug-likeness (QED) is 0.441. The Hall–Kier alpha value is -0.120. The fourth-order valence-electron chi connectivity index (χ4n) is 2.18. The lowest BCUT2D eigenvalue weighted by molar-refractivity contribution is 0.0606. The van der Waals surface area contributed by atoms with Gasteiger partial charge in [-0.15, -0.1) is 0 Å². The SMILES string of the molecule is O[C@H]1CCC[C@H]2NCCN[C@@H]12. The maximum absolute atomic E-state index is 9.60. The molecule has 3 heteroatoms. The minimum absolute atomic E-state index is 0.124. The molecule has 1 heterocycles. The summed E-state index contributed by atoms with van der Waals surface area (Å²) < 4.78 is 0. The van der Waals surface area contributed by atoms with Crippen molar-refractivity contribution >= 4 is 0 Å². The molecule has 11 heavy (non-hydrogen) atoms. The summed E-state index contributed by atoms with van der Waals surface area (Å²) in [6.45, 7) is 2.05. The van der Waals surface area contributed by atoms with Crippen molar-refractivity contribution in [3.05, 3.63) is 0 Å². The lowest BCUT2D eigenvalue weighted by Crippen LogP contribution is -2.62. The molecule has 1 saturated heterocycles. The van der Waals surface area contributed by atoms with E-state index in [4.69, 9.17) is 0 Å². The smallest absolute Gasteiger partial charge is 0.0708 e. The Morgan fingerprint density at radius 1 is 1.09 bits per heavy atom. The second kappa shape index (κ2) is 3.09. The fourth-order valence-corrected chi connectivity index (χ4v) is 2.18. The first-order chi connectivity index (χ1) is 5.38. The highest BCUT2D eigenvalue weighted by molar-refractivity contribution is 4.94. The number of hydrogen-bond donors (Lipinski definition) is 3. The van der Waals surface area contributed by atoms with E-state index < -0.39 is 0 Å². The van der Waals surface area contributed by atoms with Crippen molar-refractivity contribution in [2.75, 3.05) is 13.1 Å². The maximum Gasteiger partial charge on any atom is 0.0708 e. The van der Waals surface area contributed by atoms with Crippen LogP contribution in [0.5, 0.6) is 0 Å². The average molecular weight is 156 g/mol. The zero-order chi connectivity index (χ0) is 7.68. The lowest BCUT2D eigenvalue weighted by atomic mass is 9.87. The Morgan fingerprint density at radius 2 is 1.91 bits per heavy atom. The molecule has 0 bridgehead atoms. The van der Waals surface area contributed by atoms with Gasteiger partial charge < -0.3 is 15.7 Å². The zero-order valence-corrected chi connectivity index (χ0v) is 6.71. The van der Waals surface area contributed by atoms with Gasteiger partial charge in [0.05, 0.1) is 6.10 Å². The van der Waals surface area contributed by atoms with Gasteiger partial charge in [0.1, 0.15) is 0 Å². The number of fused-ring (bicyclic) bond motifs is 1. The van der Waals surface area contributed by atoms with E-state index in [0.717, 1.165) is 25.9 Å². The highest BCUT2D eigenvalue weighted by Crippen LogP contribution is 2.20. The van der Waals surface area contributed by atoms with E-state index in [2.05, 4.69) is 10.6 Å². The van der Waals surface area contributed by atoms with Crippen LogP contribution in [0, 0.1) is 0 Å². The maximum atomic E-state index is 9.60. The van der Waals surface area contributed by atoms with E-state index in [1.165, 1.54) is 6.42 Å². The summed E-state index contributed by atoms with van der Waals surface area (Å²) in [5, 5.41) is 16.4. The van der Waals surface area contributed by atoms with Gasteiger partial charge in [-0.2, -0.15) is 0 Å². The molecule has 1 aliphatic heterocycles. The van der Waals surface area contributed by atoms with Gasteiger partial charge in [0.2, 0.25) is 0 Å². The first-order valence-electron chi connectivity index (χ1n) is 4.53. The summed E-state index contributed by atoms with van der Waals surface area (Å²) in [6, 6.07) is 0.838. The number of rotatable bonds is 0. The Kier molecular flexibility index (Phi) is 2.11. The van der Waals surface area contributed by atoms with Crippen molar-refractivity contribution in [1.82, 2.24) is 10.6 Å². The molecule has 0 radical (unpaired) electrons. The van der Waals surface area contributed by atoms with Gasteiger partial charge in [0, 0.05) is 25.2 Å². The average Bonchev–Trinajstić information content (AvgIpc) is 2.06. The second-order valence-corrected chi connectivity index (χ2v) is 3.54. The summed E-state index contributed by atoms with van der Waals surface area (Å²) in [4.78, 5) is 0. The molecular weight excluding hydrogens is 140 g/mol. The molecule has 0 amide bonds. The fraction of sp³-hybridized carbons (Fsp3) is 1.00. The first-order valence-corrected chi connectivity index (χ1v) is 4.53. The van der Waals surface area contributed by atoms with E-state index in [1.807, 2.05) is 0 Å². The summed E-state index contributed by atoms with van der Waals surface area (Å²) >= 11 is 0. The van der Waals surface area contributed by atoms with Crippen molar-refractivity contribution in [2.24, 2.45) is 0 Å². The van der Waals surface area contributed by atoms with Crippen LogP contribution in [0.4, 0.5) is 0 Å². The molecule has 0 spiro atoms. The molecule has 0 aromatic carbocycles. The monoisotopic (exact) mass is 156 g/mol.